The molecular formula is C11H19N5O. The second-order valence-corrected chi connectivity index (χ2v) is 4.54. The van der Waals surface area contributed by atoms with Crippen molar-refractivity contribution in [3.63, 3.8) is 0 Å². The van der Waals surface area contributed by atoms with E-state index in [1.54, 1.807) is 0 Å². The number of nitrogens with zero attached hydrogens (tertiary/aromatic N) is 2. The van der Waals surface area contributed by atoms with Gasteiger partial charge in [0.25, 0.3) is 0 Å². The molecule has 0 spiro atoms. The van der Waals surface area contributed by atoms with Gasteiger partial charge in [0.1, 0.15) is 12.2 Å². The van der Waals surface area contributed by atoms with Crippen molar-refractivity contribution in [2.45, 2.75) is 32.2 Å². The Morgan fingerprint density at radius 3 is 3.06 bits per heavy atom. The Morgan fingerprint density at radius 2 is 2.35 bits per heavy atom. The van der Waals surface area contributed by atoms with Crippen molar-refractivity contribution in [1.82, 2.24) is 20.5 Å². The zero-order chi connectivity index (χ0) is 12.1. The molecule has 1 aliphatic carbocycles. The highest BCUT2D eigenvalue weighted by atomic mass is 16.1. The maximum Gasteiger partial charge on any atom is 0.223 e. The molecule has 1 aromatic rings. The van der Waals surface area contributed by atoms with E-state index in [4.69, 9.17) is 5.73 Å². The molecule has 0 saturated heterocycles. The number of H-pyrrole nitrogens is 1. The summed E-state index contributed by atoms with van der Waals surface area (Å²) in [5, 5.41) is 9.35. The summed E-state index contributed by atoms with van der Waals surface area (Å²) in [5.41, 5.74) is 5.71. The minimum absolute atomic E-state index is 0.0664. The van der Waals surface area contributed by atoms with Crippen molar-refractivity contribution in [2.75, 3.05) is 6.54 Å². The molecule has 0 bridgehead atoms. The van der Waals surface area contributed by atoms with Gasteiger partial charge in [0.15, 0.2) is 0 Å². The maximum absolute atomic E-state index is 12.0. The molecule has 1 aromatic heterocycles. The van der Waals surface area contributed by atoms with E-state index in [9.17, 15) is 4.79 Å². The van der Waals surface area contributed by atoms with E-state index in [2.05, 4.69) is 20.5 Å². The normalized spacial score (nSPS) is 24.5. The summed E-state index contributed by atoms with van der Waals surface area (Å²) in [7, 11) is 0. The lowest BCUT2D eigenvalue weighted by atomic mass is 9.79. The van der Waals surface area contributed by atoms with Crippen LogP contribution in [0.3, 0.4) is 0 Å². The van der Waals surface area contributed by atoms with Gasteiger partial charge in [-0.1, -0.05) is 12.8 Å². The second kappa shape index (κ2) is 5.77. The summed E-state index contributed by atoms with van der Waals surface area (Å²) < 4.78 is 0. The molecule has 6 nitrogen and oxygen atoms in total. The van der Waals surface area contributed by atoms with E-state index < -0.39 is 0 Å². The van der Waals surface area contributed by atoms with E-state index in [0.29, 0.717) is 24.8 Å². The Morgan fingerprint density at radius 1 is 1.53 bits per heavy atom. The maximum atomic E-state index is 12.0. The Kier molecular flexibility index (Phi) is 4.08. The predicted molar refractivity (Wildman–Crippen MR) is 62.7 cm³/mol. The molecule has 4 N–H and O–H groups in total. The summed E-state index contributed by atoms with van der Waals surface area (Å²) in [6, 6.07) is 0. The third-order valence-electron chi connectivity index (χ3n) is 3.44. The first-order chi connectivity index (χ1) is 8.31. The highest BCUT2D eigenvalue weighted by Crippen LogP contribution is 2.29. The van der Waals surface area contributed by atoms with Gasteiger partial charge in [0.2, 0.25) is 5.91 Å². The summed E-state index contributed by atoms with van der Waals surface area (Å²) in [6.07, 6.45) is 5.76. The SMILES string of the molecule is NCC1CCCCC1C(=O)NCc1ncn[nH]1. The van der Waals surface area contributed by atoms with Crippen LogP contribution in [-0.4, -0.2) is 27.6 Å². The molecule has 6 heteroatoms. The van der Waals surface area contributed by atoms with Gasteiger partial charge < -0.3 is 11.1 Å². The number of carbonyl (C=O) groups excluding carboxylic acids is 1. The monoisotopic (exact) mass is 237 g/mol. The summed E-state index contributed by atoms with van der Waals surface area (Å²) >= 11 is 0. The van der Waals surface area contributed by atoms with Crippen LogP contribution in [0.1, 0.15) is 31.5 Å². The number of nitrogens with two attached hydrogens (primary N) is 1. The van der Waals surface area contributed by atoms with Gasteiger partial charge in [-0.2, -0.15) is 5.10 Å². The third-order valence-corrected chi connectivity index (χ3v) is 3.44. The summed E-state index contributed by atoms with van der Waals surface area (Å²) in [5.74, 6) is 1.17. The molecule has 1 heterocycles. The molecule has 1 aliphatic rings. The lowest BCUT2D eigenvalue weighted by Crippen LogP contribution is -2.39. The standard InChI is InChI=1S/C11H19N5O/c12-5-8-3-1-2-4-9(8)11(17)13-6-10-14-7-15-16-10/h7-9H,1-6,12H2,(H,13,17)(H,14,15,16). The number of hydrogen-bond donors (Lipinski definition) is 3. The second-order valence-electron chi connectivity index (χ2n) is 4.54. The zero-order valence-electron chi connectivity index (χ0n) is 9.85. The fraction of sp³-hybridized carbons (Fsp3) is 0.727. The van der Waals surface area contributed by atoms with Crippen molar-refractivity contribution < 1.29 is 4.79 Å². The molecule has 0 aliphatic heterocycles. The average molecular weight is 237 g/mol. The van der Waals surface area contributed by atoms with Gasteiger partial charge in [0, 0.05) is 5.92 Å². The average Bonchev–Trinajstić information content (AvgIpc) is 2.89. The van der Waals surface area contributed by atoms with Crippen molar-refractivity contribution in [3.8, 4) is 0 Å². The van der Waals surface area contributed by atoms with Crippen LogP contribution in [0.25, 0.3) is 0 Å². The first-order valence-corrected chi connectivity index (χ1v) is 6.13. The van der Waals surface area contributed by atoms with Crippen LogP contribution in [0, 0.1) is 11.8 Å². The van der Waals surface area contributed by atoms with Gasteiger partial charge >= 0.3 is 0 Å². The Labute approximate surface area is 100 Å². The van der Waals surface area contributed by atoms with Crippen LogP contribution in [0.4, 0.5) is 0 Å². The largest absolute Gasteiger partial charge is 0.349 e. The number of aromatic amines is 1. The first kappa shape index (κ1) is 12.0. The predicted octanol–water partition coefficient (Wildman–Crippen LogP) is 0.186. The molecule has 2 unspecified atom stereocenters. The van der Waals surface area contributed by atoms with Crippen LogP contribution in [0.5, 0.6) is 0 Å². The molecule has 2 rings (SSSR count). The molecule has 2 atom stereocenters. The summed E-state index contributed by atoms with van der Waals surface area (Å²) in [6.45, 7) is 1.01. The smallest absolute Gasteiger partial charge is 0.223 e. The van der Waals surface area contributed by atoms with Crippen LogP contribution in [-0.2, 0) is 11.3 Å². The first-order valence-electron chi connectivity index (χ1n) is 6.13. The van der Waals surface area contributed by atoms with Crippen LogP contribution in [0.2, 0.25) is 0 Å². The lowest BCUT2D eigenvalue weighted by Gasteiger charge is -2.29. The van der Waals surface area contributed by atoms with Crippen LogP contribution in [0.15, 0.2) is 6.33 Å². The van der Waals surface area contributed by atoms with Crippen LogP contribution >= 0.6 is 0 Å². The van der Waals surface area contributed by atoms with Crippen LogP contribution < -0.4 is 11.1 Å². The Hall–Kier alpha value is -1.43. The molecule has 94 valence electrons. The topological polar surface area (TPSA) is 96.7 Å². The highest BCUT2D eigenvalue weighted by Gasteiger charge is 2.29. The fourth-order valence-corrected chi connectivity index (χ4v) is 2.45. The van der Waals surface area contributed by atoms with Gasteiger partial charge in [-0.3, -0.25) is 9.89 Å². The van der Waals surface area contributed by atoms with Gasteiger partial charge in [0.05, 0.1) is 6.54 Å². The number of amides is 1. The number of hydrogen-bond acceptors (Lipinski definition) is 4. The molecule has 1 saturated carbocycles. The van der Waals surface area contributed by atoms with E-state index in [1.165, 1.54) is 12.7 Å². The summed E-state index contributed by atoms with van der Waals surface area (Å²) in [4.78, 5) is 16.0. The lowest BCUT2D eigenvalue weighted by molar-refractivity contribution is -0.127. The molecular weight excluding hydrogens is 218 g/mol. The minimum atomic E-state index is 0.0664. The Balaban J connectivity index is 1.85. The number of nitrogens with one attached hydrogen (secondary N) is 2. The van der Waals surface area contributed by atoms with E-state index in [-0.39, 0.29) is 11.8 Å². The van der Waals surface area contributed by atoms with Crippen molar-refractivity contribution in [2.24, 2.45) is 17.6 Å². The van der Waals surface area contributed by atoms with Crippen molar-refractivity contribution in [3.05, 3.63) is 12.2 Å². The zero-order valence-corrected chi connectivity index (χ0v) is 9.85. The van der Waals surface area contributed by atoms with Crippen molar-refractivity contribution >= 4 is 5.91 Å². The van der Waals surface area contributed by atoms with Crippen molar-refractivity contribution in [1.29, 1.82) is 0 Å². The van der Waals surface area contributed by atoms with E-state index in [1.807, 2.05) is 0 Å². The fourth-order valence-electron chi connectivity index (χ4n) is 2.45. The molecule has 17 heavy (non-hydrogen) atoms. The molecule has 1 fully saturated rings. The van der Waals surface area contributed by atoms with Gasteiger partial charge in [-0.15, -0.1) is 0 Å². The third kappa shape index (κ3) is 3.03. The number of aromatic nitrogens is 3. The number of carbonyl (C=O) groups is 1. The van der Waals surface area contributed by atoms with E-state index >= 15 is 0 Å². The number of rotatable bonds is 4. The molecule has 1 amide bonds. The Bertz CT molecular complexity index is 351. The highest BCUT2D eigenvalue weighted by molar-refractivity contribution is 5.79. The van der Waals surface area contributed by atoms with E-state index in [0.717, 1.165) is 19.3 Å². The minimum Gasteiger partial charge on any atom is -0.349 e. The van der Waals surface area contributed by atoms with Gasteiger partial charge in [-0.25, -0.2) is 4.98 Å². The quantitative estimate of drug-likeness (QED) is 0.696. The van der Waals surface area contributed by atoms with Gasteiger partial charge in [-0.05, 0) is 25.3 Å². The molecule has 0 radical (unpaired) electrons. The molecule has 0 aromatic carbocycles.